The second-order valence-electron chi connectivity index (χ2n) is 19.2. The number of nitrogens with zero attached hydrogens (tertiary/aromatic N) is 3. The fraction of sp³-hybridized carbons (Fsp3) is 0.333. The molecule has 12 rings (SSSR count). The molecule has 0 unspecified atom stereocenters. The van der Waals surface area contributed by atoms with Gasteiger partial charge >= 0.3 is 11.9 Å². The van der Waals surface area contributed by atoms with Crippen molar-refractivity contribution in [3.63, 3.8) is 0 Å². The third-order valence-corrected chi connectivity index (χ3v) is 14.8. The zero-order valence-corrected chi connectivity index (χ0v) is 42.3. The van der Waals surface area contributed by atoms with E-state index in [1.54, 1.807) is 18.2 Å². The lowest BCUT2D eigenvalue weighted by Crippen LogP contribution is -2.65. The first-order valence-corrected chi connectivity index (χ1v) is 26.0. The molecule has 6 saturated heterocycles. The molecule has 0 saturated carbocycles. The van der Waals surface area contributed by atoms with Crippen molar-refractivity contribution in [3.05, 3.63) is 202 Å². The number of nitro benzene ring substituents is 1. The monoisotopic (exact) mass is 1080 g/mol. The van der Waals surface area contributed by atoms with Crippen LogP contribution in [0.4, 0.5) is 22.7 Å². The summed E-state index contributed by atoms with van der Waals surface area (Å²) in [6.07, 6.45) is 4.04. The minimum atomic E-state index is -0.601. The Balaban J connectivity index is 0.000000199. The smallest absolute Gasteiger partial charge is 0.333 e. The number of nitrogen functional groups attached to an aromatic ring is 1. The number of carbonyl (C=O) groups excluding carboxylic acids is 4. The molecule has 6 aliphatic rings. The Morgan fingerprint density at radius 1 is 0.627 bits per heavy atom. The Labute approximate surface area is 449 Å². The molecule has 4 bridgehead atoms. The lowest BCUT2D eigenvalue weighted by atomic mass is 9.82. The highest BCUT2D eigenvalue weighted by molar-refractivity contribution is 9.09. The SMILES string of the molecule is C.C.Nc1cccc(C(=O)C[N+]23CCC(CC2)[C@@H](OC(=O)[C@H](Nc2ccccc2)c2ccccc2)C3)c1.O=C(CBr)c1cccc([N+](=O)[O-])c1.O=C(O[C@H]1CN2CCC1CC2)[C@H](Nc1ccccc1)c1ccccc1. The van der Waals surface area contributed by atoms with E-state index in [1.807, 2.05) is 133 Å². The molecule has 0 aliphatic carbocycles. The van der Waals surface area contributed by atoms with E-state index < -0.39 is 17.0 Å². The van der Waals surface area contributed by atoms with Crippen LogP contribution in [0.2, 0.25) is 0 Å². The molecule has 4 N–H and O–H groups in total. The standard InChI is InChI=1S/C29H32N3O3.C21H24N2O2.C8H6BrNO3.2CH4/c30-24-11-7-10-23(18-24)26(33)19-32-16-14-21(15-17-32)27(20-32)35-29(34)28(22-8-3-1-4-9-22)31-25-12-5-2-6-13-25;24-21(25-19-15-23-13-11-16(19)12-14-23)20(17-7-3-1-4-8-17)22-18-9-5-2-6-10-18;9-5-8(11)6-2-1-3-7(4-6)10(12)13;;/h1-13,18,21,27-28,31H,14-17,19-20,30H2;1-10,16,19-20,22H,11-15H2;1-4H,5H2;2*1H4/q+1;;;;/t21?,27-,28+,32?;19-,20+;;;/m00.../s1. The number of hydrogen-bond donors (Lipinski definition) is 3. The topological polar surface area (TPSA) is 183 Å². The van der Waals surface area contributed by atoms with Crippen molar-refractivity contribution in [2.24, 2.45) is 11.8 Å². The third kappa shape index (κ3) is 15.4. The number of non-ortho nitro benzene ring substituents is 1. The summed E-state index contributed by atoms with van der Waals surface area (Å²) in [5, 5.41) is 17.2. The zero-order valence-electron chi connectivity index (χ0n) is 40.7. The molecule has 394 valence electrons. The van der Waals surface area contributed by atoms with Crippen molar-refractivity contribution in [1.82, 2.24) is 4.90 Å². The van der Waals surface area contributed by atoms with Crippen LogP contribution in [0.1, 0.15) is 84.5 Å². The van der Waals surface area contributed by atoms with Gasteiger partial charge in [-0.05, 0) is 79.4 Å². The predicted octanol–water partition coefficient (Wildman–Crippen LogP) is 11.4. The lowest BCUT2D eigenvalue weighted by Gasteiger charge is -2.51. The summed E-state index contributed by atoms with van der Waals surface area (Å²) in [5.74, 6) is 0.323. The molecule has 6 aromatic rings. The summed E-state index contributed by atoms with van der Waals surface area (Å²) in [4.78, 5) is 62.9. The second-order valence-corrected chi connectivity index (χ2v) is 19.7. The van der Waals surface area contributed by atoms with Crippen LogP contribution in [0, 0.1) is 22.0 Å². The van der Waals surface area contributed by atoms with Crippen LogP contribution in [0.25, 0.3) is 0 Å². The van der Waals surface area contributed by atoms with Crippen LogP contribution in [-0.4, -0.2) is 101 Å². The molecule has 4 atom stereocenters. The fourth-order valence-electron chi connectivity index (χ4n) is 10.3. The van der Waals surface area contributed by atoms with E-state index in [0.29, 0.717) is 46.2 Å². The summed E-state index contributed by atoms with van der Waals surface area (Å²) < 4.78 is 12.8. The maximum Gasteiger partial charge on any atom is 0.333 e. The minimum absolute atomic E-state index is 0. The molecule has 6 aromatic carbocycles. The highest BCUT2D eigenvalue weighted by Crippen LogP contribution is 2.37. The van der Waals surface area contributed by atoms with Gasteiger partial charge in [0.15, 0.2) is 24.0 Å². The first-order valence-electron chi connectivity index (χ1n) is 24.9. The van der Waals surface area contributed by atoms with E-state index in [4.69, 9.17) is 15.2 Å². The lowest BCUT2D eigenvalue weighted by molar-refractivity contribution is -0.938. The van der Waals surface area contributed by atoms with Crippen molar-refractivity contribution in [1.29, 1.82) is 0 Å². The summed E-state index contributed by atoms with van der Waals surface area (Å²) in [7, 11) is 0. The van der Waals surface area contributed by atoms with Crippen LogP contribution in [0.15, 0.2) is 170 Å². The van der Waals surface area contributed by atoms with E-state index in [1.165, 1.54) is 18.2 Å². The summed E-state index contributed by atoms with van der Waals surface area (Å²) in [5.41, 5.74) is 11.0. The molecule has 0 aromatic heterocycles. The van der Waals surface area contributed by atoms with Crippen molar-refractivity contribution in [2.75, 3.05) is 67.5 Å². The normalized spacial score (nSPS) is 21.5. The highest BCUT2D eigenvalue weighted by atomic mass is 79.9. The molecule has 6 fully saturated rings. The number of fused-ring (bicyclic) bond motifs is 6. The number of alkyl halides is 1. The number of ether oxygens (including phenoxy) is 2. The first-order chi connectivity index (χ1) is 35.5. The zero-order chi connectivity index (χ0) is 51.2. The van der Waals surface area contributed by atoms with Gasteiger partial charge in [-0.1, -0.05) is 152 Å². The van der Waals surface area contributed by atoms with Gasteiger partial charge < -0.3 is 30.3 Å². The number of para-hydroxylation sites is 2. The van der Waals surface area contributed by atoms with E-state index in [-0.39, 0.29) is 61.6 Å². The number of rotatable bonds is 16. The van der Waals surface area contributed by atoms with E-state index in [0.717, 1.165) is 80.9 Å². The second kappa shape index (κ2) is 27.4. The highest BCUT2D eigenvalue weighted by Gasteiger charge is 2.49. The van der Waals surface area contributed by atoms with E-state index in [9.17, 15) is 29.3 Å². The molecule has 75 heavy (non-hydrogen) atoms. The minimum Gasteiger partial charge on any atom is -0.459 e. The molecule has 6 aliphatic heterocycles. The van der Waals surface area contributed by atoms with Crippen LogP contribution >= 0.6 is 15.9 Å². The number of ketones is 2. The fourth-order valence-corrected chi connectivity index (χ4v) is 10.6. The Morgan fingerprint density at radius 2 is 1.09 bits per heavy atom. The van der Waals surface area contributed by atoms with Gasteiger partial charge in [-0.25, -0.2) is 9.59 Å². The molecule has 0 spiro atoms. The molecule has 15 heteroatoms. The summed E-state index contributed by atoms with van der Waals surface area (Å²) in [6, 6.07) is 50.8. The molecule has 6 heterocycles. The number of Topliss-reactive ketones (excluding diaryl/α,β-unsaturated/α-hetero) is 2. The van der Waals surface area contributed by atoms with Gasteiger partial charge in [0.05, 0.1) is 23.3 Å². The number of piperidine rings is 6. The third-order valence-electron chi connectivity index (χ3n) is 14.3. The number of quaternary nitrogens is 1. The number of hydrogen-bond acceptors (Lipinski definition) is 12. The maximum atomic E-state index is 13.5. The van der Waals surface area contributed by atoms with Gasteiger partial charge in [0, 0.05) is 65.6 Å². The van der Waals surface area contributed by atoms with E-state index in [2.05, 4.69) is 31.5 Å². The Kier molecular flexibility index (Phi) is 20.8. The van der Waals surface area contributed by atoms with Crippen molar-refractivity contribution in [2.45, 2.75) is 64.8 Å². The molecular formula is C60H70BrN6O8+. The van der Waals surface area contributed by atoms with Crippen molar-refractivity contribution >= 4 is 62.2 Å². The van der Waals surface area contributed by atoms with Gasteiger partial charge in [0.1, 0.15) is 19.2 Å². The predicted molar refractivity (Wildman–Crippen MR) is 300 cm³/mol. The van der Waals surface area contributed by atoms with Crippen LogP contribution in [0.5, 0.6) is 0 Å². The quantitative estimate of drug-likeness (QED) is 0.0159. The number of nitrogens with two attached hydrogens (primary N) is 1. The number of benzene rings is 6. The molecule has 0 amide bonds. The van der Waals surface area contributed by atoms with Gasteiger partial charge in [-0.15, -0.1) is 0 Å². The number of nitrogens with one attached hydrogen (secondary N) is 2. The molecular weight excluding hydrogens is 1010 g/mol. The van der Waals surface area contributed by atoms with Crippen molar-refractivity contribution < 1.29 is 38.1 Å². The average Bonchev–Trinajstić information content (AvgIpc) is 3.43. The molecule has 14 nitrogen and oxygen atoms in total. The Bertz CT molecular complexity index is 2790. The Morgan fingerprint density at radius 3 is 1.56 bits per heavy atom. The van der Waals surface area contributed by atoms with Gasteiger partial charge in [-0.2, -0.15) is 0 Å². The van der Waals surface area contributed by atoms with Crippen LogP contribution in [0.3, 0.4) is 0 Å². The maximum absolute atomic E-state index is 13.5. The number of carbonyl (C=O) groups is 4. The average molecular weight is 1080 g/mol. The number of halogens is 1. The molecule has 0 radical (unpaired) electrons. The van der Waals surface area contributed by atoms with Gasteiger partial charge in [0.2, 0.25) is 5.78 Å². The van der Waals surface area contributed by atoms with Crippen molar-refractivity contribution in [3.8, 4) is 0 Å². The van der Waals surface area contributed by atoms with Gasteiger partial charge in [0.25, 0.3) is 5.69 Å². The summed E-state index contributed by atoms with van der Waals surface area (Å²) >= 11 is 2.99. The largest absolute Gasteiger partial charge is 0.459 e. The van der Waals surface area contributed by atoms with E-state index >= 15 is 0 Å². The number of esters is 2. The Hall–Kier alpha value is -7.20. The summed E-state index contributed by atoms with van der Waals surface area (Å²) in [6.45, 7) is 6.13. The number of nitro groups is 1. The number of anilines is 3. The van der Waals surface area contributed by atoms with Crippen LogP contribution in [-0.2, 0) is 19.1 Å². The first kappa shape index (κ1) is 57.1. The van der Waals surface area contributed by atoms with Crippen LogP contribution < -0.4 is 16.4 Å². The van der Waals surface area contributed by atoms with Gasteiger partial charge in [-0.3, -0.25) is 24.6 Å².